The van der Waals surface area contributed by atoms with Gasteiger partial charge in [-0.15, -0.1) is 0 Å². The minimum atomic E-state index is -0.489. The fourth-order valence-corrected chi connectivity index (χ4v) is 4.95. The van der Waals surface area contributed by atoms with Crippen molar-refractivity contribution in [3.05, 3.63) is 89.7 Å². The summed E-state index contributed by atoms with van der Waals surface area (Å²) in [5.41, 5.74) is 6.14. The predicted octanol–water partition coefficient (Wildman–Crippen LogP) is 4.65. The van der Waals surface area contributed by atoms with Crippen molar-refractivity contribution in [2.75, 3.05) is 49.8 Å². The number of nitrogens with one attached hydrogen (secondary N) is 2. The molecule has 42 heavy (non-hydrogen) atoms. The van der Waals surface area contributed by atoms with E-state index in [0.717, 1.165) is 35.4 Å². The number of ether oxygens (including phenoxy) is 1. The first-order valence-corrected chi connectivity index (χ1v) is 13.5. The minimum Gasteiger partial charge on any atom is -0.465 e. The highest BCUT2D eigenvalue weighted by Gasteiger charge is 2.29. The van der Waals surface area contributed by atoms with Gasteiger partial charge in [0.2, 0.25) is 5.91 Å². The third-order valence-corrected chi connectivity index (χ3v) is 7.01. The lowest BCUT2D eigenvalue weighted by molar-refractivity contribution is -0.116. The van der Waals surface area contributed by atoms with Crippen LogP contribution in [-0.2, 0) is 14.3 Å². The molecule has 10 heteroatoms. The Balaban J connectivity index is 1.55. The van der Waals surface area contributed by atoms with Crippen LogP contribution in [0.1, 0.15) is 34.8 Å². The summed E-state index contributed by atoms with van der Waals surface area (Å²) in [5.74, 6) is -0.827. The average molecular weight is 565 g/mol. The number of benzene rings is 3. The standard InChI is InChI=1S/C32H32N6O4/c1-20(39)38(17-5-16-37(2)3)24-10-8-23(9-11-24)35-30(21-7-13-26-28(18-21)34-15-14-33-26)29-25-12-6-22(32(41)42-4)19-27(25)36-31(29)40/h6-15,18-19,35H,5,16-17H2,1-4H3,(H,36,40)/b30-29-. The second-order valence-corrected chi connectivity index (χ2v) is 10.2. The van der Waals surface area contributed by atoms with Gasteiger partial charge in [0.15, 0.2) is 0 Å². The number of aromatic nitrogens is 2. The van der Waals surface area contributed by atoms with Crippen LogP contribution < -0.4 is 15.5 Å². The summed E-state index contributed by atoms with van der Waals surface area (Å²) in [7, 11) is 5.33. The van der Waals surface area contributed by atoms with E-state index in [4.69, 9.17) is 4.74 Å². The second-order valence-electron chi connectivity index (χ2n) is 10.2. The van der Waals surface area contributed by atoms with Crippen molar-refractivity contribution in [3.8, 4) is 0 Å². The Morgan fingerprint density at radius 3 is 2.31 bits per heavy atom. The van der Waals surface area contributed by atoms with Gasteiger partial charge in [-0.1, -0.05) is 12.1 Å². The van der Waals surface area contributed by atoms with Gasteiger partial charge in [0.25, 0.3) is 5.91 Å². The Morgan fingerprint density at radius 1 is 0.905 bits per heavy atom. The smallest absolute Gasteiger partial charge is 0.337 e. The molecule has 0 spiro atoms. The van der Waals surface area contributed by atoms with Crippen molar-refractivity contribution in [1.82, 2.24) is 14.9 Å². The van der Waals surface area contributed by atoms with Gasteiger partial charge >= 0.3 is 5.97 Å². The monoisotopic (exact) mass is 564 g/mol. The highest BCUT2D eigenvalue weighted by atomic mass is 16.5. The molecule has 4 aromatic rings. The first-order chi connectivity index (χ1) is 20.2. The zero-order valence-electron chi connectivity index (χ0n) is 24.0. The number of amides is 2. The number of fused-ring (bicyclic) bond motifs is 2. The van der Waals surface area contributed by atoms with Gasteiger partial charge in [0.05, 0.1) is 40.7 Å². The summed E-state index contributed by atoms with van der Waals surface area (Å²) < 4.78 is 4.84. The van der Waals surface area contributed by atoms with Gasteiger partial charge in [0, 0.05) is 48.4 Å². The van der Waals surface area contributed by atoms with Gasteiger partial charge < -0.3 is 25.2 Å². The van der Waals surface area contributed by atoms with Gasteiger partial charge in [-0.3, -0.25) is 19.6 Å². The molecular weight excluding hydrogens is 532 g/mol. The second kappa shape index (κ2) is 12.2. The number of hydrogen-bond donors (Lipinski definition) is 2. The predicted molar refractivity (Wildman–Crippen MR) is 164 cm³/mol. The first kappa shape index (κ1) is 28.4. The lowest BCUT2D eigenvalue weighted by Crippen LogP contribution is -2.31. The van der Waals surface area contributed by atoms with Gasteiger partial charge in [0.1, 0.15) is 0 Å². The molecule has 1 aliphatic heterocycles. The topological polar surface area (TPSA) is 117 Å². The van der Waals surface area contributed by atoms with E-state index >= 15 is 0 Å². The molecular formula is C32H32N6O4. The number of esters is 1. The van der Waals surface area contributed by atoms with Crippen LogP contribution in [0.5, 0.6) is 0 Å². The number of rotatable bonds is 9. The molecule has 0 atom stereocenters. The maximum atomic E-state index is 13.4. The van der Waals surface area contributed by atoms with Gasteiger partial charge in [-0.2, -0.15) is 0 Å². The normalized spacial score (nSPS) is 13.5. The van der Waals surface area contributed by atoms with Crippen molar-refractivity contribution in [2.24, 2.45) is 0 Å². The Hall–Kier alpha value is -5.09. The summed E-state index contributed by atoms with van der Waals surface area (Å²) in [5, 5.41) is 6.33. The van der Waals surface area contributed by atoms with Crippen LogP contribution in [-0.4, -0.2) is 66.9 Å². The Morgan fingerprint density at radius 2 is 1.62 bits per heavy atom. The summed E-state index contributed by atoms with van der Waals surface area (Å²) >= 11 is 0. The molecule has 0 saturated carbocycles. The third kappa shape index (κ3) is 5.98. The van der Waals surface area contributed by atoms with E-state index < -0.39 is 5.97 Å². The number of carbonyl (C=O) groups is 3. The van der Waals surface area contributed by atoms with E-state index in [-0.39, 0.29) is 11.8 Å². The molecule has 1 aromatic heterocycles. The Labute approximate surface area is 244 Å². The summed E-state index contributed by atoms with van der Waals surface area (Å²) in [6.07, 6.45) is 4.10. The highest BCUT2D eigenvalue weighted by molar-refractivity contribution is 6.37. The molecule has 2 amide bonds. The number of methoxy groups -OCH3 is 1. The molecule has 2 heterocycles. The van der Waals surface area contributed by atoms with E-state index in [2.05, 4.69) is 25.5 Å². The fourth-order valence-electron chi connectivity index (χ4n) is 4.95. The fraction of sp³-hybridized carbons (Fsp3) is 0.219. The van der Waals surface area contributed by atoms with E-state index in [1.54, 1.807) is 42.4 Å². The molecule has 2 N–H and O–H groups in total. The lowest BCUT2D eigenvalue weighted by Gasteiger charge is -2.23. The maximum Gasteiger partial charge on any atom is 0.337 e. The molecule has 1 aliphatic rings. The molecule has 0 aliphatic carbocycles. The van der Waals surface area contributed by atoms with Crippen molar-refractivity contribution in [1.29, 1.82) is 0 Å². The van der Waals surface area contributed by atoms with Crippen molar-refractivity contribution >= 4 is 57.1 Å². The lowest BCUT2D eigenvalue weighted by atomic mass is 9.98. The summed E-state index contributed by atoms with van der Waals surface area (Å²) in [4.78, 5) is 50.6. The number of carbonyl (C=O) groups excluding carboxylic acids is 3. The molecule has 214 valence electrons. The van der Waals surface area contributed by atoms with Crippen molar-refractivity contribution < 1.29 is 19.1 Å². The van der Waals surface area contributed by atoms with Gasteiger partial charge in [-0.05, 0) is 75.6 Å². The first-order valence-electron chi connectivity index (χ1n) is 13.5. The van der Waals surface area contributed by atoms with E-state index in [1.807, 2.05) is 56.6 Å². The Kier molecular flexibility index (Phi) is 8.26. The van der Waals surface area contributed by atoms with E-state index in [1.165, 1.54) is 7.11 Å². The van der Waals surface area contributed by atoms with Crippen LogP contribution in [0.3, 0.4) is 0 Å². The van der Waals surface area contributed by atoms with Crippen LogP contribution in [0, 0.1) is 0 Å². The molecule has 0 saturated heterocycles. The summed E-state index contributed by atoms with van der Waals surface area (Å²) in [6, 6.07) is 18.1. The quantitative estimate of drug-likeness (QED) is 0.223. The number of hydrogen-bond acceptors (Lipinski definition) is 8. The van der Waals surface area contributed by atoms with Crippen LogP contribution in [0.15, 0.2) is 73.1 Å². The minimum absolute atomic E-state index is 0.0277. The van der Waals surface area contributed by atoms with E-state index in [0.29, 0.717) is 40.1 Å². The molecule has 10 nitrogen and oxygen atoms in total. The average Bonchev–Trinajstić information content (AvgIpc) is 3.32. The maximum absolute atomic E-state index is 13.4. The largest absolute Gasteiger partial charge is 0.465 e. The van der Waals surface area contributed by atoms with Gasteiger partial charge in [-0.25, -0.2) is 4.79 Å². The van der Waals surface area contributed by atoms with Crippen LogP contribution in [0.4, 0.5) is 17.1 Å². The number of nitrogens with zero attached hydrogens (tertiary/aromatic N) is 4. The molecule has 0 radical (unpaired) electrons. The van der Waals surface area contributed by atoms with E-state index in [9.17, 15) is 14.4 Å². The SMILES string of the molecule is COC(=O)c1ccc2c(c1)NC(=O)/C2=C(\Nc1ccc(N(CCCN(C)C)C(C)=O)cc1)c1ccc2nccnc2c1. The molecule has 5 rings (SSSR count). The highest BCUT2D eigenvalue weighted by Crippen LogP contribution is 2.38. The van der Waals surface area contributed by atoms with Crippen LogP contribution in [0.2, 0.25) is 0 Å². The summed E-state index contributed by atoms with van der Waals surface area (Å²) in [6.45, 7) is 3.05. The third-order valence-electron chi connectivity index (χ3n) is 7.01. The number of anilines is 3. The molecule has 0 bridgehead atoms. The van der Waals surface area contributed by atoms with Crippen molar-refractivity contribution in [3.63, 3.8) is 0 Å². The zero-order valence-corrected chi connectivity index (χ0v) is 24.0. The molecule has 0 unspecified atom stereocenters. The van der Waals surface area contributed by atoms with Crippen molar-refractivity contribution in [2.45, 2.75) is 13.3 Å². The molecule has 0 fully saturated rings. The zero-order chi connectivity index (χ0) is 29.8. The molecule has 3 aromatic carbocycles. The van der Waals surface area contributed by atoms with Crippen LogP contribution >= 0.6 is 0 Å². The van der Waals surface area contributed by atoms with Crippen LogP contribution in [0.25, 0.3) is 22.3 Å². The Bertz CT molecular complexity index is 1700.